The van der Waals surface area contributed by atoms with Crippen LogP contribution < -0.4 is 0 Å². The first kappa shape index (κ1) is 11.4. The molecule has 1 atom stereocenters. The van der Waals surface area contributed by atoms with Crippen LogP contribution in [0.3, 0.4) is 0 Å². The molecule has 0 aliphatic heterocycles. The zero-order chi connectivity index (χ0) is 9.61. The van der Waals surface area contributed by atoms with Gasteiger partial charge < -0.3 is 5.11 Å². The molecule has 0 bridgehead atoms. The van der Waals surface area contributed by atoms with Crippen molar-refractivity contribution < 1.29 is 14.3 Å². The minimum absolute atomic E-state index is 0.437. The van der Waals surface area contributed by atoms with Gasteiger partial charge in [0.05, 0.1) is 5.41 Å². The smallest absolute Gasteiger partial charge is 0.312 e. The number of alkyl halides is 1. The first-order valence-corrected chi connectivity index (χ1v) is 4.36. The minimum Gasteiger partial charge on any atom is -0.481 e. The highest BCUT2D eigenvalue weighted by Crippen LogP contribution is 2.25. The molecule has 0 aromatic carbocycles. The van der Waals surface area contributed by atoms with Crippen molar-refractivity contribution in [3.63, 3.8) is 0 Å². The maximum absolute atomic E-state index is 12.3. The molecule has 0 saturated heterocycles. The second-order valence-corrected chi connectivity index (χ2v) is 3.46. The highest BCUT2D eigenvalue weighted by atomic mass is 19.1. The molecule has 0 rings (SSSR count). The first-order chi connectivity index (χ1) is 5.56. The molecule has 0 saturated carbocycles. The third kappa shape index (κ3) is 3.20. The normalized spacial score (nSPS) is 15.6. The summed E-state index contributed by atoms with van der Waals surface area (Å²) in [5.41, 5.74) is -1.16. The maximum atomic E-state index is 12.3. The molecule has 0 radical (unpaired) electrons. The predicted molar refractivity (Wildman–Crippen MR) is 45.9 cm³/mol. The van der Waals surface area contributed by atoms with Crippen molar-refractivity contribution in [3.05, 3.63) is 0 Å². The van der Waals surface area contributed by atoms with Crippen LogP contribution in [0.4, 0.5) is 4.39 Å². The molecule has 0 fully saturated rings. The van der Waals surface area contributed by atoms with Gasteiger partial charge in [-0.3, -0.25) is 4.79 Å². The van der Waals surface area contributed by atoms with Crippen molar-refractivity contribution in [2.75, 3.05) is 6.67 Å². The molecule has 72 valence electrons. The van der Waals surface area contributed by atoms with E-state index in [0.717, 1.165) is 19.3 Å². The molecule has 1 N–H and O–H groups in total. The quantitative estimate of drug-likeness (QED) is 0.631. The third-order valence-electron chi connectivity index (χ3n) is 2.14. The molecule has 0 aliphatic carbocycles. The second kappa shape index (κ2) is 5.12. The van der Waals surface area contributed by atoms with Crippen LogP contribution in [-0.4, -0.2) is 17.8 Å². The number of hydrogen-bond acceptors (Lipinski definition) is 1. The van der Waals surface area contributed by atoms with E-state index in [1.54, 1.807) is 0 Å². The Morgan fingerprint density at radius 2 is 2.08 bits per heavy atom. The Kier molecular flexibility index (Phi) is 4.86. The van der Waals surface area contributed by atoms with E-state index in [1.807, 2.05) is 6.92 Å². The lowest BCUT2D eigenvalue weighted by Gasteiger charge is -2.20. The van der Waals surface area contributed by atoms with E-state index in [4.69, 9.17) is 5.11 Å². The van der Waals surface area contributed by atoms with Crippen LogP contribution >= 0.6 is 0 Å². The van der Waals surface area contributed by atoms with Gasteiger partial charge >= 0.3 is 5.97 Å². The van der Waals surface area contributed by atoms with Crippen LogP contribution in [-0.2, 0) is 4.79 Å². The summed E-state index contributed by atoms with van der Waals surface area (Å²) in [5.74, 6) is -1.03. The molecule has 0 heterocycles. The van der Waals surface area contributed by atoms with E-state index < -0.39 is 18.1 Å². The Labute approximate surface area is 72.8 Å². The van der Waals surface area contributed by atoms with Crippen molar-refractivity contribution in [3.8, 4) is 0 Å². The highest BCUT2D eigenvalue weighted by molar-refractivity contribution is 5.74. The fourth-order valence-corrected chi connectivity index (χ4v) is 0.996. The maximum Gasteiger partial charge on any atom is 0.312 e. The van der Waals surface area contributed by atoms with E-state index in [1.165, 1.54) is 6.92 Å². The standard InChI is InChI=1S/C9H17FO2/c1-3-4-5-6-9(2,7-10)8(11)12/h3-7H2,1-2H3,(H,11,12). The summed E-state index contributed by atoms with van der Waals surface area (Å²) in [6.07, 6.45) is 3.24. The molecule has 0 spiro atoms. The number of carbonyl (C=O) groups is 1. The number of carboxylic acid groups (broad SMARTS) is 1. The lowest BCUT2D eigenvalue weighted by Crippen LogP contribution is -2.29. The summed E-state index contributed by atoms with van der Waals surface area (Å²) in [6.45, 7) is 2.73. The number of aliphatic carboxylic acids is 1. The van der Waals surface area contributed by atoms with Crippen molar-refractivity contribution in [1.29, 1.82) is 0 Å². The molecule has 2 nitrogen and oxygen atoms in total. The molecular formula is C9H17FO2. The summed E-state index contributed by atoms with van der Waals surface area (Å²) in [7, 11) is 0. The number of halogens is 1. The van der Waals surface area contributed by atoms with Crippen molar-refractivity contribution in [1.82, 2.24) is 0 Å². The topological polar surface area (TPSA) is 37.3 Å². The average Bonchev–Trinajstić information content (AvgIpc) is 2.04. The van der Waals surface area contributed by atoms with Crippen LogP contribution in [0.25, 0.3) is 0 Å². The van der Waals surface area contributed by atoms with E-state index in [-0.39, 0.29) is 0 Å². The Morgan fingerprint density at radius 1 is 1.50 bits per heavy atom. The van der Waals surface area contributed by atoms with E-state index in [0.29, 0.717) is 6.42 Å². The zero-order valence-corrected chi connectivity index (χ0v) is 7.77. The van der Waals surface area contributed by atoms with Crippen molar-refractivity contribution >= 4 is 5.97 Å². The second-order valence-electron chi connectivity index (χ2n) is 3.46. The Balaban J connectivity index is 3.88. The molecule has 12 heavy (non-hydrogen) atoms. The summed E-state index contributed by atoms with van der Waals surface area (Å²) < 4.78 is 12.3. The highest BCUT2D eigenvalue weighted by Gasteiger charge is 2.32. The van der Waals surface area contributed by atoms with Gasteiger partial charge in [-0.2, -0.15) is 0 Å². The van der Waals surface area contributed by atoms with Crippen LogP contribution in [0.15, 0.2) is 0 Å². The lowest BCUT2D eigenvalue weighted by atomic mass is 9.86. The van der Waals surface area contributed by atoms with Crippen LogP contribution in [0.5, 0.6) is 0 Å². The van der Waals surface area contributed by atoms with Gasteiger partial charge in [-0.25, -0.2) is 4.39 Å². The van der Waals surface area contributed by atoms with Crippen molar-refractivity contribution in [2.45, 2.75) is 39.5 Å². The Bertz CT molecular complexity index is 147. The van der Waals surface area contributed by atoms with E-state index in [2.05, 4.69) is 0 Å². The Hall–Kier alpha value is -0.600. The third-order valence-corrected chi connectivity index (χ3v) is 2.14. The molecule has 0 aliphatic rings. The van der Waals surface area contributed by atoms with Crippen LogP contribution in [0, 0.1) is 5.41 Å². The van der Waals surface area contributed by atoms with Gasteiger partial charge in [-0.15, -0.1) is 0 Å². The lowest BCUT2D eigenvalue weighted by molar-refractivity contribution is -0.149. The van der Waals surface area contributed by atoms with Gasteiger partial charge in [0.15, 0.2) is 0 Å². The largest absolute Gasteiger partial charge is 0.481 e. The summed E-state index contributed by atoms with van der Waals surface area (Å²) in [4.78, 5) is 10.6. The van der Waals surface area contributed by atoms with Gasteiger partial charge in [-0.1, -0.05) is 26.2 Å². The van der Waals surface area contributed by atoms with Crippen LogP contribution in [0.2, 0.25) is 0 Å². The Morgan fingerprint density at radius 3 is 2.42 bits per heavy atom. The minimum atomic E-state index is -1.16. The molecule has 0 amide bonds. The molecule has 0 aromatic heterocycles. The molecule has 0 aromatic rings. The predicted octanol–water partition coefficient (Wildman–Crippen LogP) is 2.63. The molecular weight excluding hydrogens is 159 g/mol. The SMILES string of the molecule is CCCCCC(C)(CF)C(=O)O. The van der Waals surface area contributed by atoms with E-state index in [9.17, 15) is 9.18 Å². The van der Waals surface area contributed by atoms with Gasteiger partial charge in [-0.05, 0) is 13.3 Å². The number of hydrogen-bond donors (Lipinski definition) is 1. The number of carboxylic acids is 1. The summed E-state index contributed by atoms with van der Waals surface area (Å²) in [6, 6.07) is 0. The van der Waals surface area contributed by atoms with Gasteiger partial charge in [0.2, 0.25) is 0 Å². The van der Waals surface area contributed by atoms with Crippen molar-refractivity contribution in [2.24, 2.45) is 5.41 Å². The summed E-state index contributed by atoms with van der Waals surface area (Å²) in [5, 5.41) is 8.69. The zero-order valence-electron chi connectivity index (χ0n) is 7.77. The van der Waals surface area contributed by atoms with E-state index >= 15 is 0 Å². The van der Waals surface area contributed by atoms with Crippen LogP contribution in [0.1, 0.15) is 39.5 Å². The number of rotatable bonds is 6. The van der Waals surface area contributed by atoms with Gasteiger partial charge in [0, 0.05) is 0 Å². The summed E-state index contributed by atoms with van der Waals surface area (Å²) >= 11 is 0. The fourth-order valence-electron chi connectivity index (χ4n) is 0.996. The molecule has 3 heteroatoms. The fraction of sp³-hybridized carbons (Fsp3) is 0.889. The first-order valence-electron chi connectivity index (χ1n) is 4.36. The van der Waals surface area contributed by atoms with Gasteiger partial charge in [0.25, 0.3) is 0 Å². The van der Waals surface area contributed by atoms with Gasteiger partial charge in [0.1, 0.15) is 6.67 Å². The molecule has 1 unspecified atom stereocenters. The monoisotopic (exact) mass is 176 g/mol. The average molecular weight is 176 g/mol. The number of unbranched alkanes of at least 4 members (excludes halogenated alkanes) is 2.